The first-order valence-corrected chi connectivity index (χ1v) is 9.72. The van der Waals surface area contributed by atoms with Crippen LogP contribution in [0.2, 0.25) is 0 Å². The number of aromatic nitrogens is 1. The second-order valence-corrected chi connectivity index (χ2v) is 8.13. The fraction of sp³-hybridized carbons (Fsp3) is 0. The van der Waals surface area contributed by atoms with Gasteiger partial charge in [-0.25, -0.2) is 9.98 Å². The average Bonchev–Trinajstić information content (AvgIpc) is 2.99. The smallest absolute Gasteiger partial charge is 0.209 e. The van der Waals surface area contributed by atoms with Crippen LogP contribution >= 0.6 is 59.1 Å². The Bertz CT molecular complexity index is 876. The molecular weight excluding hydrogens is 508 g/mol. The summed E-state index contributed by atoms with van der Waals surface area (Å²) in [6.07, 6.45) is 1.61. The van der Waals surface area contributed by atoms with E-state index in [-0.39, 0.29) is 5.75 Å². The van der Waals surface area contributed by atoms with E-state index in [0.717, 1.165) is 20.2 Å². The van der Waals surface area contributed by atoms with Crippen molar-refractivity contribution in [1.82, 2.24) is 4.98 Å². The number of phenols is 1. The molecular formula is C16H9Br3N2OS. The third-order valence-electron chi connectivity index (χ3n) is 3.00. The number of nitrogens with zero attached hydrogens (tertiary/aromatic N) is 2. The Morgan fingerprint density at radius 2 is 1.78 bits per heavy atom. The van der Waals surface area contributed by atoms with Crippen molar-refractivity contribution in [2.45, 2.75) is 0 Å². The number of hydrogen-bond acceptors (Lipinski definition) is 4. The van der Waals surface area contributed by atoms with E-state index < -0.39 is 0 Å². The van der Waals surface area contributed by atoms with Gasteiger partial charge in [0, 0.05) is 31.7 Å². The minimum atomic E-state index is 0.154. The van der Waals surface area contributed by atoms with Gasteiger partial charge in [-0.2, -0.15) is 0 Å². The molecule has 3 nitrogen and oxygen atoms in total. The van der Waals surface area contributed by atoms with Crippen molar-refractivity contribution in [3.05, 3.63) is 60.8 Å². The summed E-state index contributed by atoms with van der Waals surface area (Å²) in [5, 5.41) is 12.6. The van der Waals surface area contributed by atoms with Crippen LogP contribution < -0.4 is 0 Å². The normalized spacial score (nSPS) is 11.3. The highest BCUT2D eigenvalue weighted by molar-refractivity contribution is 9.11. The predicted octanol–water partition coefficient (Wildman–Crippen LogP) is 6.55. The van der Waals surface area contributed by atoms with E-state index in [9.17, 15) is 5.11 Å². The molecule has 23 heavy (non-hydrogen) atoms. The number of aliphatic imine (C=N–C) groups is 1. The second kappa shape index (κ2) is 7.25. The molecule has 0 aliphatic carbocycles. The van der Waals surface area contributed by atoms with Crippen molar-refractivity contribution in [2.75, 3.05) is 0 Å². The molecule has 3 aromatic rings. The maximum atomic E-state index is 10.0. The third-order valence-corrected chi connectivity index (χ3v) is 5.34. The van der Waals surface area contributed by atoms with Gasteiger partial charge >= 0.3 is 0 Å². The van der Waals surface area contributed by atoms with Crippen LogP contribution in [-0.4, -0.2) is 16.3 Å². The highest BCUT2D eigenvalue weighted by Gasteiger charge is 2.07. The molecule has 1 aromatic heterocycles. The van der Waals surface area contributed by atoms with Crippen molar-refractivity contribution < 1.29 is 5.11 Å². The molecule has 0 aliphatic rings. The van der Waals surface area contributed by atoms with Crippen LogP contribution in [0.15, 0.2) is 60.2 Å². The number of benzene rings is 2. The highest BCUT2D eigenvalue weighted by Crippen LogP contribution is 2.32. The predicted molar refractivity (Wildman–Crippen MR) is 106 cm³/mol. The zero-order valence-electron chi connectivity index (χ0n) is 11.5. The van der Waals surface area contributed by atoms with Gasteiger partial charge in [-0.15, -0.1) is 11.3 Å². The van der Waals surface area contributed by atoms with Gasteiger partial charge in [0.05, 0.1) is 10.2 Å². The first kappa shape index (κ1) is 16.8. The van der Waals surface area contributed by atoms with Crippen molar-refractivity contribution >= 4 is 70.5 Å². The Labute approximate surface area is 162 Å². The molecule has 1 N–H and O–H groups in total. The van der Waals surface area contributed by atoms with Gasteiger partial charge in [-0.1, -0.05) is 44.0 Å². The Kier molecular flexibility index (Phi) is 5.31. The minimum Gasteiger partial charge on any atom is -0.506 e. The van der Waals surface area contributed by atoms with Gasteiger partial charge in [0.1, 0.15) is 5.75 Å². The van der Waals surface area contributed by atoms with E-state index in [2.05, 4.69) is 57.8 Å². The van der Waals surface area contributed by atoms with E-state index in [1.165, 1.54) is 11.3 Å². The summed E-state index contributed by atoms with van der Waals surface area (Å²) in [7, 11) is 0. The van der Waals surface area contributed by atoms with Crippen LogP contribution in [0.4, 0.5) is 5.13 Å². The van der Waals surface area contributed by atoms with Crippen LogP contribution in [0.25, 0.3) is 11.3 Å². The maximum absolute atomic E-state index is 10.0. The molecule has 0 atom stereocenters. The third kappa shape index (κ3) is 4.09. The number of phenolic OH excluding ortho intramolecular Hbond substituents is 1. The molecule has 0 aliphatic heterocycles. The lowest BCUT2D eigenvalue weighted by molar-refractivity contribution is 0.471. The summed E-state index contributed by atoms with van der Waals surface area (Å²) in [5.41, 5.74) is 2.54. The molecule has 0 amide bonds. The first-order chi connectivity index (χ1) is 11.0. The lowest BCUT2D eigenvalue weighted by Gasteiger charge is -2.02. The molecule has 0 unspecified atom stereocenters. The van der Waals surface area contributed by atoms with Crippen molar-refractivity contribution in [3.63, 3.8) is 0 Å². The van der Waals surface area contributed by atoms with E-state index in [1.54, 1.807) is 18.3 Å². The Morgan fingerprint density at radius 3 is 2.52 bits per heavy atom. The van der Waals surface area contributed by atoms with Crippen molar-refractivity contribution in [1.29, 1.82) is 0 Å². The first-order valence-electron chi connectivity index (χ1n) is 6.46. The van der Waals surface area contributed by atoms with Crippen LogP contribution in [0.1, 0.15) is 5.56 Å². The summed E-state index contributed by atoms with van der Waals surface area (Å²) in [6, 6.07) is 11.5. The number of aromatic hydroxyl groups is 1. The number of rotatable bonds is 3. The summed E-state index contributed by atoms with van der Waals surface area (Å²) in [6.45, 7) is 0. The van der Waals surface area contributed by atoms with Gasteiger partial charge < -0.3 is 5.11 Å². The van der Waals surface area contributed by atoms with Crippen LogP contribution in [-0.2, 0) is 0 Å². The van der Waals surface area contributed by atoms with E-state index >= 15 is 0 Å². The monoisotopic (exact) mass is 514 g/mol. The van der Waals surface area contributed by atoms with E-state index in [1.807, 2.05) is 29.6 Å². The summed E-state index contributed by atoms with van der Waals surface area (Å²) < 4.78 is 2.51. The second-order valence-electron chi connectivity index (χ2n) is 4.61. The fourth-order valence-electron chi connectivity index (χ4n) is 1.89. The van der Waals surface area contributed by atoms with Crippen LogP contribution in [0.3, 0.4) is 0 Å². The highest BCUT2D eigenvalue weighted by atomic mass is 79.9. The molecule has 0 saturated carbocycles. The molecule has 3 rings (SSSR count). The van der Waals surface area contributed by atoms with Gasteiger partial charge in [-0.05, 0) is 40.2 Å². The van der Waals surface area contributed by atoms with E-state index in [0.29, 0.717) is 15.2 Å². The molecule has 0 fully saturated rings. The molecule has 1 heterocycles. The summed E-state index contributed by atoms with van der Waals surface area (Å²) in [4.78, 5) is 8.85. The zero-order chi connectivity index (χ0) is 16.4. The number of thiazole rings is 1. The lowest BCUT2D eigenvalue weighted by Crippen LogP contribution is -1.84. The van der Waals surface area contributed by atoms with Gasteiger partial charge in [0.25, 0.3) is 0 Å². The van der Waals surface area contributed by atoms with Crippen LogP contribution in [0, 0.1) is 0 Å². The topological polar surface area (TPSA) is 45.5 Å². The molecule has 0 radical (unpaired) electrons. The zero-order valence-corrected chi connectivity index (χ0v) is 17.1. The lowest BCUT2D eigenvalue weighted by atomic mass is 10.2. The number of halogens is 3. The summed E-state index contributed by atoms with van der Waals surface area (Å²) >= 11 is 11.6. The standard InChI is InChI=1S/C16H9Br3N2OS/c17-11-3-1-9(2-4-11)14-8-23-16(21-14)20-7-10-5-12(18)6-13(19)15(10)22/h1-8,22H. The van der Waals surface area contributed by atoms with Gasteiger partial charge in [0.15, 0.2) is 0 Å². The van der Waals surface area contributed by atoms with Gasteiger partial charge in [-0.3, -0.25) is 0 Å². The molecule has 2 aromatic carbocycles. The Balaban J connectivity index is 1.86. The average molecular weight is 517 g/mol. The molecule has 0 saturated heterocycles. The minimum absolute atomic E-state index is 0.154. The Morgan fingerprint density at radius 1 is 1.04 bits per heavy atom. The molecule has 7 heteroatoms. The molecule has 116 valence electrons. The fourth-order valence-corrected chi connectivity index (χ4v) is 4.08. The molecule has 0 bridgehead atoms. The van der Waals surface area contributed by atoms with Crippen LogP contribution in [0.5, 0.6) is 5.75 Å². The quantitative estimate of drug-likeness (QED) is 0.401. The van der Waals surface area contributed by atoms with Gasteiger partial charge in [0.2, 0.25) is 5.13 Å². The molecule has 0 spiro atoms. The van der Waals surface area contributed by atoms with Crippen molar-refractivity contribution in [3.8, 4) is 17.0 Å². The van der Waals surface area contributed by atoms with E-state index in [4.69, 9.17) is 0 Å². The van der Waals surface area contributed by atoms with Crippen molar-refractivity contribution in [2.24, 2.45) is 4.99 Å². The largest absolute Gasteiger partial charge is 0.506 e. The number of hydrogen-bond donors (Lipinski definition) is 1. The Hall–Kier alpha value is -1.02. The SMILES string of the molecule is Oc1c(Br)cc(Br)cc1C=Nc1nc(-c2ccc(Br)cc2)cs1. The summed E-state index contributed by atoms with van der Waals surface area (Å²) in [5.74, 6) is 0.154. The maximum Gasteiger partial charge on any atom is 0.209 e.